The normalized spacial score (nSPS) is 28.0. The van der Waals surface area contributed by atoms with Crippen LogP contribution in [0.15, 0.2) is 16.7 Å². The molecule has 4 heterocycles. The van der Waals surface area contributed by atoms with Crippen molar-refractivity contribution in [3.8, 4) is 5.75 Å². The molecule has 3 fully saturated rings. The first-order valence-electron chi connectivity index (χ1n) is 7.37. The first-order valence-corrected chi connectivity index (χ1v) is 7.75. The van der Waals surface area contributed by atoms with Crippen LogP contribution in [0.4, 0.5) is 5.82 Å². The topological polar surface area (TPSA) is 50.5 Å². The minimum Gasteiger partial charge on any atom is -0.491 e. The predicted octanol–water partition coefficient (Wildman–Crippen LogP) is 3.00. The minimum absolute atomic E-state index is 0.447. The summed E-state index contributed by atoms with van der Waals surface area (Å²) in [6.07, 6.45) is 2.53. The second-order valence-corrected chi connectivity index (χ2v) is 6.28. The highest BCUT2D eigenvalue weighted by atomic mass is 35.5. The van der Waals surface area contributed by atoms with Crippen molar-refractivity contribution in [2.24, 2.45) is 5.92 Å². The Morgan fingerprint density at radius 1 is 1.38 bits per heavy atom. The maximum Gasteiger partial charge on any atom is 0.212 e. The van der Waals surface area contributed by atoms with E-state index < -0.39 is 0 Å². The Hall–Kier alpha value is -1.46. The molecular weight excluding hydrogens is 290 g/mol. The number of methoxy groups -OCH3 is 1. The van der Waals surface area contributed by atoms with Crippen LogP contribution in [0.1, 0.15) is 12.8 Å². The van der Waals surface area contributed by atoms with E-state index in [1.807, 2.05) is 12.1 Å². The number of halogens is 1. The third-order valence-electron chi connectivity index (χ3n) is 4.73. The summed E-state index contributed by atoms with van der Waals surface area (Å²) in [4.78, 5) is 2.51. The lowest BCUT2D eigenvalue weighted by molar-refractivity contribution is 0.0973. The first-order chi connectivity index (χ1) is 10.3. The molecule has 1 aromatic heterocycles. The molecule has 1 atom stereocenters. The van der Waals surface area contributed by atoms with Crippen molar-refractivity contribution in [1.82, 2.24) is 10.1 Å². The average molecular weight is 308 g/mol. The molecule has 1 aromatic carbocycles. The van der Waals surface area contributed by atoms with Crippen molar-refractivity contribution >= 4 is 28.4 Å². The second-order valence-electron chi connectivity index (χ2n) is 5.88. The molecule has 112 valence electrons. The van der Waals surface area contributed by atoms with Gasteiger partial charge in [-0.1, -0.05) is 16.8 Å². The number of hydrogen-bond donors (Lipinski definition) is 1. The predicted molar refractivity (Wildman–Crippen MR) is 82.1 cm³/mol. The van der Waals surface area contributed by atoms with Crippen molar-refractivity contribution in [2.75, 3.05) is 32.1 Å². The number of aromatic nitrogens is 1. The summed E-state index contributed by atoms with van der Waals surface area (Å²) >= 11 is 6.12. The van der Waals surface area contributed by atoms with Gasteiger partial charge in [0, 0.05) is 12.6 Å². The van der Waals surface area contributed by atoms with Crippen LogP contribution in [-0.4, -0.2) is 42.8 Å². The zero-order chi connectivity index (χ0) is 14.4. The van der Waals surface area contributed by atoms with E-state index in [4.69, 9.17) is 20.9 Å². The highest BCUT2D eigenvalue weighted by molar-refractivity contribution is 6.33. The van der Waals surface area contributed by atoms with Gasteiger partial charge < -0.3 is 19.5 Å². The van der Waals surface area contributed by atoms with Crippen LogP contribution in [0, 0.1) is 5.92 Å². The number of nitrogens with zero attached hydrogens (tertiary/aromatic N) is 2. The van der Waals surface area contributed by atoms with Crippen LogP contribution in [0.5, 0.6) is 5.75 Å². The van der Waals surface area contributed by atoms with Gasteiger partial charge in [-0.3, -0.25) is 0 Å². The van der Waals surface area contributed by atoms with Crippen molar-refractivity contribution in [2.45, 2.75) is 18.9 Å². The van der Waals surface area contributed by atoms with E-state index in [2.05, 4.69) is 15.4 Å². The van der Waals surface area contributed by atoms with Gasteiger partial charge >= 0.3 is 0 Å². The summed E-state index contributed by atoms with van der Waals surface area (Å²) < 4.78 is 10.7. The Kier molecular flexibility index (Phi) is 3.19. The summed E-state index contributed by atoms with van der Waals surface area (Å²) in [5.74, 6) is 2.07. The van der Waals surface area contributed by atoms with Crippen molar-refractivity contribution in [3.05, 3.63) is 17.2 Å². The van der Waals surface area contributed by atoms with E-state index in [1.54, 1.807) is 7.11 Å². The van der Waals surface area contributed by atoms with Crippen molar-refractivity contribution in [3.63, 3.8) is 0 Å². The monoisotopic (exact) mass is 307 g/mol. The van der Waals surface area contributed by atoms with Gasteiger partial charge in [-0.05, 0) is 44.0 Å². The number of rotatable bonds is 3. The maximum absolute atomic E-state index is 6.12. The summed E-state index contributed by atoms with van der Waals surface area (Å²) in [6, 6.07) is 4.20. The Morgan fingerprint density at radius 2 is 2.19 bits per heavy atom. The molecular formula is C15H18ClN3O2. The molecule has 1 N–H and O–H groups in total. The van der Waals surface area contributed by atoms with E-state index in [0.717, 1.165) is 23.7 Å². The molecule has 0 unspecified atom stereocenters. The van der Waals surface area contributed by atoms with Crippen LogP contribution in [0.3, 0.4) is 0 Å². The molecule has 3 saturated heterocycles. The number of benzene rings is 1. The number of anilines is 1. The fraction of sp³-hybridized carbons (Fsp3) is 0.533. The largest absolute Gasteiger partial charge is 0.491 e. The fourth-order valence-corrected chi connectivity index (χ4v) is 3.78. The van der Waals surface area contributed by atoms with Crippen LogP contribution < -0.4 is 10.1 Å². The van der Waals surface area contributed by atoms with Gasteiger partial charge in [0.15, 0.2) is 11.6 Å². The zero-order valence-corrected chi connectivity index (χ0v) is 12.7. The van der Waals surface area contributed by atoms with Gasteiger partial charge in [-0.15, -0.1) is 0 Å². The van der Waals surface area contributed by atoms with Crippen LogP contribution in [0.2, 0.25) is 5.02 Å². The number of nitrogens with one attached hydrogen (secondary N) is 1. The Balaban J connectivity index is 1.65. The van der Waals surface area contributed by atoms with Gasteiger partial charge in [0.2, 0.25) is 5.58 Å². The molecule has 21 heavy (non-hydrogen) atoms. The first kappa shape index (κ1) is 13.2. The number of fused-ring (bicyclic) bond motifs is 4. The maximum atomic E-state index is 6.12. The fourth-order valence-electron chi connectivity index (χ4n) is 3.55. The average Bonchev–Trinajstić information content (AvgIpc) is 2.91. The smallest absolute Gasteiger partial charge is 0.212 e. The van der Waals surface area contributed by atoms with Crippen molar-refractivity contribution in [1.29, 1.82) is 0 Å². The molecule has 3 aliphatic rings. The van der Waals surface area contributed by atoms with Gasteiger partial charge in [-0.2, -0.15) is 0 Å². The molecule has 0 saturated carbocycles. The molecule has 0 spiro atoms. The van der Waals surface area contributed by atoms with Crippen LogP contribution in [0.25, 0.3) is 11.0 Å². The molecule has 3 aliphatic heterocycles. The molecule has 5 nitrogen and oxygen atoms in total. The van der Waals surface area contributed by atoms with Crippen LogP contribution >= 0.6 is 11.6 Å². The quantitative estimate of drug-likeness (QED) is 0.944. The van der Waals surface area contributed by atoms with Gasteiger partial charge in [-0.25, -0.2) is 0 Å². The molecule has 0 amide bonds. The Morgan fingerprint density at radius 3 is 2.86 bits per heavy atom. The Bertz CT molecular complexity index is 664. The van der Waals surface area contributed by atoms with E-state index >= 15 is 0 Å². The van der Waals surface area contributed by atoms with E-state index in [9.17, 15) is 0 Å². The van der Waals surface area contributed by atoms with Gasteiger partial charge in [0.05, 0.1) is 17.5 Å². The number of piperidine rings is 3. The van der Waals surface area contributed by atoms with E-state index in [1.165, 1.54) is 25.9 Å². The van der Waals surface area contributed by atoms with Crippen molar-refractivity contribution < 1.29 is 9.26 Å². The minimum atomic E-state index is 0.447. The number of ether oxygens (including phenoxy) is 1. The summed E-state index contributed by atoms with van der Waals surface area (Å²) in [5.41, 5.74) is 0.605. The van der Waals surface area contributed by atoms with E-state index in [-0.39, 0.29) is 0 Å². The third-order valence-corrected chi connectivity index (χ3v) is 5.03. The second kappa shape index (κ2) is 5.07. The standard InChI is InChI=1S/C15H18ClN3O2/c1-20-14-11(16)3-2-10-13(14)21-18-15(10)17-12-8-19-6-4-9(12)5-7-19/h2-3,9,12H,4-8H2,1H3,(H,17,18)/t12-/m1/s1. The van der Waals surface area contributed by atoms with E-state index in [0.29, 0.717) is 22.4 Å². The SMILES string of the molecule is COc1c(Cl)ccc2c(N[C@@H]3CN4CCC3CC4)noc12. The summed E-state index contributed by atoms with van der Waals surface area (Å²) in [7, 11) is 1.59. The Labute approximate surface area is 128 Å². The molecule has 6 heteroatoms. The number of hydrogen-bond acceptors (Lipinski definition) is 5. The molecule has 0 aliphatic carbocycles. The molecule has 5 rings (SSSR count). The molecule has 0 radical (unpaired) electrons. The highest BCUT2D eigenvalue weighted by Crippen LogP contribution is 2.37. The van der Waals surface area contributed by atoms with Crippen LogP contribution in [-0.2, 0) is 0 Å². The molecule has 2 bridgehead atoms. The van der Waals surface area contributed by atoms with Gasteiger partial charge in [0.1, 0.15) is 0 Å². The van der Waals surface area contributed by atoms with Gasteiger partial charge in [0.25, 0.3) is 0 Å². The zero-order valence-electron chi connectivity index (χ0n) is 11.9. The molecule has 2 aromatic rings. The lowest BCUT2D eigenvalue weighted by atomic mass is 9.84. The third kappa shape index (κ3) is 2.15. The summed E-state index contributed by atoms with van der Waals surface area (Å²) in [5, 5.41) is 9.20. The lowest BCUT2D eigenvalue weighted by Crippen LogP contribution is -2.53. The highest BCUT2D eigenvalue weighted by Gasteiger charge is 2.34. The lowest BCUT2D eigenvalue weighted by Gasteiger charge is -2.44. The summed E-state index contributed by atoms with van der Waals surface area (Å²) in [6.45, 7) is 3.54.